The Morgan fingerprint density at radius 1 is 1.02 bits per heavy atom. The maximum Gasteiger partial charge on any atom is 0.456 e. The molecule has 6 rings (SSSR count). The molecule has 10 heteroatoms. The average molecular weight is 615 g/mol. The summed E-state index contributed by atoms with van der Waals surface area (Å²) in [5.41, 5.74) is -0.0729. The molecule has 1 aromatic heterocycles. The summed E-state index contributed by atoms with van der Waals surface area (Å²) in [6, 6.07) is 10.4. The van der Waals surface area contributed by atoms with E-state index in [1.54, 1.807) is 54.7 Å². The first-order valence-electron chi connectivity index (χ1n) is 15.1. The Balaban J connectivity index is 1.40. The third kappa shape index (κ3) is 4.63. The van der Waals surface area contributed by atoms with Crippen molar-refractivity contribution in [2.75, 3.05) is 7.05 Å². The highest BCUT2D eigenvalue weighted by atomic mass is 19.4. The Morgan fingerprint density at radius 3 is 2.36 bits per heavy atom. The fourth-order valence-electron chi connectivity index (χ4n) is 8.63. The first kappa shape index (κ1) is 30.6. The van der Waals surface area contributed by atoms with Gasteiger partial charge < -0.3 is 10.0 Å². The zero-order valence-corrected chi connectivity index (χ0v) is 24.6. The molecule has 44 heavy (non-hydrogen) atoms. The first-order valence-corrected chi connectivity index (χ1v) is 15.1. The van der Waals surface area contributed by atoms with E-state index >= 15 is 8.78 Å². The predicted molar refractivity (Wildman–Crippen MR) is 153 cm³/mol. The van der Waals surface area contributed by atoms with E-state index in [1.165, 1.54) is 6.92 Å². The van der Waals surface area contributed by atoms with Gasteiger partial charge in [0.05, 0.1) is 0 Å². The van der Waals surface area contributed by atoms with Crippen LogP contribution in [0.3, 0.4) is 0 Å². The SMILES string of the molecule is CN(Cc1ccncc1)C(=O)c1ccc([C@H]2CC3(C)[C@@H](CC[C@@]3(O)C(F)(F)C(F)(F)F)C3CCC4=CC(=O)CCC4=C32)cc1. The molecule has 0 spiro atoms. The van der Waals surface area contributed by atoms with Gasteiger partial charge in [0, 0.05) is 49.3 Å². The van der Waals surface area contributed by atoms with Crippen LogP contribution >= 0.6 is 0 Å². The van der Waals surface area contributed by atoms with E-state index in [1.807, 2.05) is 12.1 Å². The third-order valence-corrected chi connectivity index (χ3v) is 10.8. The first-order chi connectivity index (χ1) is 20.7. The van der Waals surface area contributed by atoms with Crippen LogP contribution in [0.5, 0.6) is 0 Å². The van der Waals surface area contributed by atoms with Crippen molar-refractivity contribution >= 4 is 11.7 Å². The minimum Gasteiger partial charge on any atom is -0.383 e. The summed E-state index contributed by atoms with van der Waals surface area (Å²) >= 11 is 0. The van der Waals surface area contributed by atoms with Gasteiger partial charge in [-0.1, -0.05) is 24.6 Å². The number of rotatable bonds is 5. The normalized spacial score (nSPS) is 30.3. The van der Waals surface area contributed by atoms with Crippen LogP contribution in [-0.4, -0.2) is 51.4 Å². The second-order valence-corrected chi connectivity index (χ2v) is 13.1. The van der Waals surface area contributed by atoms with Crippen LogP contribution < -0.4 is 0 Å². The highest BCUT2D eigenvalue weighted by molar-refractivity contribution is 5.94. The van der Waals surface area contributed by atoms with Gasteiger partial charge in [-0.15, -0.1) is 0 Å². The number of allylic oxidation sites excluding steroid dienone is 4. The maximum atomic E-state index is 15.2. The number of carbonyl (C=O) groups is 2. The molecule has 0 bridgehead atoms. The third-order valence-electron chi connectivity index (χ3n) is 10.8. The van der Waals surface area contributed by atoms with Gasteiger partial charge in [-0.2, -0.15) is 22.0 Å². The fraction of sp³-hybridized carbons (Fsp3) is 0.500. The highest BCUT2D eigenvalue weighted by Gasteiger charge is 2.79. The molecule has 2 saturated carbocycles. The van der Waals surface area contributed by atoms with Crippen molar-refractivity contribution in [1.82, 2.24) is 9.88 Å². The topological polar surface area (TPSA) is 70.5 Å². The molecule has 0 saturated heterocycles. The molecule has 2 unspecified atom stereocenters. The lowest BCUT2D eigenvalue weighted by atomic mass is 9.50. The van der Waals surface area contributed by atoms with Crippen LogP contribution in [0.2, 0.25) is 0 Å². The number of alkyl halides is 5. The molecular formula is C34H35F5N2O3. The van der Waals surface area contributed by atoms with E-state index in [0.717, 1.165) is 22.3 Å². The average Bonchev–Trinajstić information content (AvgIpc) is 3.27. The van der Waals surface area contributed by atoms with Crippen molar-refractivity contribution in [3.8, 4) is 0 Å². The number of halogens is 5. The smallest absolute Gasteiger partial charge is 0.383 e. The number of nitrogens with zero attached hydrogens (tertiary/aromatic N) is 2. The predicted octanol–water partition coefficient (Wildman–Crippen LogP) is 7.18. The Morgan fingerprint density at radius 2 is 1.70 bits per heavy atom. The van der Waals surface area contributed by atoms with Crippen LogP contribution in [0.4, 0.5) is 22.0 Å². The molecular weight excluding hydrogens is 579 g/mol. The van der Waals surface area contributed by atoms with Crippen molar-refractivity contribution < 1.29 is 36.6 Å². The second-order valence-electron chi connectivity index (χ2n) is 13.1. The van der Waals surface area contributed by atoms with Gasteiger partial charge in [-0.25, -0.2) is 0 Å². The van der Waals surface area contributed by atoms with Crippen molar-refractivity contribution in [2.45, 2.75) is 82.0 Å². The van der Waals surface area contributed by atoms with Gasteiger partial charge in [0.2, 0.25) is 0 Å². The number of ketones is 1. The van der Waals surface area contributed by atoms with E-state index in [-0.39, 0.29) is 30.4 Å². The molecule has 2 aromatic rings. The van der Waals surface area contributed by atoms with E-state index in [2.05, 4.69) is 4.98 Å². The molecule has 2 fully saturated rings. The summed E-state index contributed by atoms with van der Waals surface area (Å²) in [4.78, 5) is 31.0. The number of aromatic nitrogens is 1. The van der Waals surface area contributed by atoms with Gasteiger partial charge in [-0.3, -0.25) is 14.6 Å². The Kier molecular flexibility index (Phi) is 7.38. The second kappa shape index (κ2) is 10.6. The van der Waals surface area contributed by atoms with Crippen LogP contribution in [0.25, 0.3) is 0 Å². The fourth-order valence-corrected chi connectivity index (χ4v) is 8.63. The number of hydrogen-bond acceptors (Lipinski definition) is 4. The number of amides is 1. The molecule has 0 aliphatic heterocycles. The van der Waals surface area contributed by atoms with Gasteiger partial charge in [0.1, 0.15) is 5.60 Å². The van der Waals surface area contributed by atoms with Crippen LogP contribution in [0.1, 0.15) is 79.3 Å². The van der Waals surface area contributed by atoms with E-state index in [0.29, 0.717) is 43.4 Å². The van der Waals surface area contributed by atoms with Crippen LogP contribution in [0, 0.1) is 17.3 Å². The van der Waals surface area contributed by atoms with Crippen molar-refractivity contribution in [2.24, 2.45) is 17.3 Å². The monoisotopic (exact) mass is 614 g/mol. The lowest BCUT2D eigenvalue weighted by Crippen LogP contribution is -2.65. The van der Waals surface area contributed by atoms with Crippen molar-refractivity contribution in [1.29, 1.82) is 0 Å². The molecule has 1 aromatic carbocycles. The van der Waals surface area contributed by atoms with E-state index < -0.39 is 41.4 Å². The molecule has 5 nitrogen and oxygen atoms in total. The molecule has 234 valence electrons. The molecule has 4 aliphatic rings. The van der Waals surface area contributed by atoms with E-state index in [9.17, 15) is 27.9 Å². The number of hydrogen-bond donors (Lipinski definition) is 1. The zero-order chi connectivity index (χ0) is 31.7. The number of fused-ring (bicyclic) bond motifs is 4. The van der Waals surface area contributed by atoms with Crippen LogP contribution in [-0.2, 0) is 11.3 Å². The molecule has 0 radical (unpaired) electrons. The largest absolute Gasteiger partial charge is 0.456 e. The lowest BCUT2D eigenvalue weighted by Gasteiger charge is -2.56. The van der Waals surface area contributed by atoms with Crippen molar-refractivity contribution in [3.63, 3.8) is 0 Å². The zero-order valence-electron chi connectivity index (χ0n) is 24.6. The summed E-state index contributed by atoms with van der Waals surface area (Å²) in [6.45, 7) is 1.77. The molecule has 1 amide bonds. The number of aliphatic hydroxyl groups is 1. The van der Waals surface area contributed by atoms with Gasteiger partial charge in [0.25, 0.3) is 5.91 Å². The van der Waals surface area contributed by atoms with Crippen molar-refractivity contribution in [3.05, 3.63) is 88.3 Å². The Labute approximate surface area is 252 Å². The quantitative estimate of drug-likeness (QED) is 0.362. The van der Waals surface area contributed by atoms with E-state index in [4.69, 9.17) is 0 Å². The molecule has 1 heterocycles. The number of benzene rings is 1. The minimum absolute atomic E-state index is 0.0267. The Bertz CT molecular complexity index is 1530. The summed E-state index contributed by atoms with van der Waals surface area (Å²) in [5, 5.41) is 11.4. The standard InChI is InChI=1S/C34H35F5N2O3/c1-31-18-27(21-3-5-22(6-4-21)30(43)41(2)19-20-12-15-40-16-13-20)29-25-10-8-24(42)17-23(25)7-9-26(29)28(31)11-14-32(31,44)33(35,36)34(37,38)39/h3-6,12-13,15-17,26-28,44H,7-11,14,18-19H2,1-2H3/t26?,27-,28+,31?,32+/m1/s1. The number of carbonyl (C=O) groups excluding carboxylic acids is 2. The van der Waals surface area contributed by atoms with Gasteiger partial charge in [-0.05, 0) is 103 Å². The Hall–Kier alpha value is -3.40. The number of pyridine rings is 1. The molecule has 4 aliphatic carbocycles. The molecule has 5 atom stereocenters. The maximum absolute atomic E-state index is 15.2. The molecule has 1 N–H and O–H groups in total. The summed E-state index contributed by atoms with van der Waals surface area (Å²) in [5.74, 6) is -6.91. The minimum atomic E-state index is -5.90. The summed E-state index contributed by atoms with van der Waals surface area (Å²) < 4.78 is 71.8. The van der Waals surface area contributed by atoms with Crippen LogP contribution in [0.15, 0.2) is 71.6 Å². The summed E-state index contributed by atoms with van der Waals surface area (Å²) in [7, 11) is 1.68. The lowest BCUT2D eigenvalue weighted by molar-refractivity contribution is -0.362. The van der Waals surface area contributed by atoms with Gasteiger partial charge >= 0.3 is 12.1 Å². The van der Waals surface area contributed by atoms with Gasteiger partial charge in [0.15, 0.2) is 5.78 Å². The summed E-state index contributed by atoms with van der Waals surface area (Å²) in [6.07, 6.45) is 0.208. The highest BCUT2D eigenvalue weighted by Crippen LogP contribution is 2.70.